The second-order valence-corrected chi connectivity index (χ2v) is 14.3. The molecule has 1 amide bonds. The highest BCUT2D eigenvalue weighted by atomic mass is 16.3. The normalized spacial score (nSPS) is 14.4. The Morgan fingerprint density at radius 2 is 0.872 bits per heavy atom. The molecular weight excluding hydrogens is 586 g/mol. The van der Waals surface area contributed by atoms with Crippen molar-refractivity contribution in [1.29, 1.82) is 0 Å². The molecule has 0 aliphatic carbocycles. The summed E-state index contributed by atoms with van der Waals surface area (Å²) in [6.45, 7) is 4.00. The van der Waals surface area contributed by atoms with E-state index in [0.717, 1.165) is 38.5 Å². The predicted octanol–water partition coefficient (Wildman–Crippen LogP) is 10.2. The van der Waals surface area contributed by atoms with Crippen LogP contribution in [-0.4, -0.2) is 57.3 Å². The van der Waals surface area contributed by atoms with Crippen molar-refractivity contribution in [3.8, 4) is 0 Å². The van der Waals surface area contributed by atoms with Crippen molar-refractivity contribution < 1.29 is 25.2 Å². The van der Waals surface area contributed by atoms with Gasteiger partial charge in [-0.15, -0.1) is 0 Å². The molecule has 0 aliphatic heterocycles. The molecule has 0 heterocycles. The van der Waals surface area contributed by atoms with Gasteiger partial charge in [0.25, 0.3) is 0 Å². The SMILES string of the molecule is CCCCCCCCCCCCCCCCCCCC/C=C/CCCC(O)C(O)C(CO)NC(=O)C(O)CCCCCCCCCC. The summed E-state index contributed by atoms with van der Waals surface area (Å²) in [4.78, 5) is 12.4. The molecule has 4 unspecified atom stereocenters. The molecule has 6 nitrogen and oxygen atoms in total. The maximum absolute atomic E-state index is 12.4. The van der Waals surface area contributed by atoms with Gasteiger partial charge in [-0.25, -0.2) is 0 Å². The van der Waals surface area contributed by atoms with Gasteiger partial charge in [0.1, 0.15) is 12.2 Å². The fraction of sp³-hybridized carbons (Fsp3) is 0.927. The first kappa shape index (κ1) is 46.0. The van der Waals surface area contributed by atoms with Crippen molar-refractivity contribution in [2.75, 3.05) is 6.61 Å². The van der Waals surface area contributed by atoms with Gasteiger partial charge in [-0.3, -0.25) is 4.79 Å². The molecular formula is C41H81NO5. The summed E-state index contributed by atoms with van der Waals surface area (Å²) in [6, 6.07) is -0.995. The van der Waals surface area contributed by atoms with Gasteiger partial charge in [-0.1, -0.05) is 187 Å². The van der Waals surface area contributed by atoms with Crippen LogP contribution in [0.25, 0.3) is 0 Å². The highest BCUT2D eigenvalue weighted by molar-refractivity contribution is 5.80. The van der Waals surface area contributed by atoms with E-state index in [1.807, 2.05) is 0 Å². The van der Waals surface area contributed by atoms with Gasteiger partial charge in [-0.05, 0) is 38.5 Å². The van der Waals surface area contributed by atoms with E-state index in [4.69, 9.17) is 0 Å². The zero-order valence-corrected chi connectivity index (χ0v) is 31.3. The molecule has 0 rings (SSSR count). The van der Waals surface area contributed by atoms with E-state index in [1.165, 1.54) is 148 Å². The van der Waals surface area contributed by atoms with Crippen LogP contribution in [0.2, 0.25) is 0 Å². The number of rotatable bonds is 37. The summed E-state index contributed by atoms with van der Waals surface area (Å²) in [5.41, 5.74) is 0. The number of nitrogens with one attached hydrogen (secondary N) is 1. The molecule has 6 heteroatoms. The van der Waals surface area contributed by atoms with Gasteiger partial charge in [0, 0.05) is 0 Å². The summed E-state index contributed by atoms with van der Waals surface area (Å²) in [5, 5.41) is 43.3. The van der Waals surface area contributed by atoms with Crippen LogP contribution in [0.1, 0.15) is 213 Å². The number of aliphatic hydroxyl groups excluding tert-OH is 4. The monoisotopic (exact) mass is 668 g/mol. The van der Waals surface area contributed by atoms with Crippen LogP contribution in [0.5, 0.6) is 0 Å². The van der Waals surface area contributed by atoms with Crippen LogP contribution in [0, 0.1) is 0 Å². The Bertz CT molecular complexity index is 672. The van der Waals surface area contributed by atoms with Crippen LogP contribution in [0.3, 0.4) is 0 Å². The predicted molar refractivity (Wildman–Crippen MR) is 201 cm³/mol. The smallest absolute Gasteiger partial charge is 0.249 e. The summed E-state index contributed by atoms with van der Waals surface area (Å²) < 4.78 is 0. The van der Waals surface area contributed by atoms with Crippen LogP contribution >= 0.6 is 0 Å². The Labute approximate surface area is 292 Å². The third kappa shape index (κ3) is 30.8. The molecule has 47 heavy (non-hydrogen) atoms. The minimum absolute atomic E-state index is 0.365. The van der Waals surface area contributed by atoms with Gasteiger partial charge < -0.3 is 25.7 Å². The van der Waals surface area contributed by atoms with Crippen molar-refractivity contribution in [3.63, 3.8) is 0 Å². The molecule has 4 atom stereocenters. The lowest BCUT2D eigenvalue weighted by Crippen LogP contribution is -2.53. The molecule has 0 bridgehead atoms. The Balaban J connectivity index is 3.69. The molecule has 5 N–H and O–H groups in total. The molecule has 280 valence electrons. The molecule has 0 aromatic carbocycles. The number of hydrogen-bond acceptors (Lipinski definition) is 5. The Hall–Kier alpha value is -0.950. The minimum atomic E-state index is -1.28. The number of carbonyl (C=O) groups is 1. The largest absolute Gasteiger partial charge is 0.394 e. The fourth-order valence-electron chi connectivity index (χ4n) is 6.40. The van der Waals surface area contributed by atoms with Gasteiger partial charge in [-0.2, -0.15) is 0 Å². The fourth-order valence-corrected chi connectivity index (χ4v) is 6.40. The van der Waals surface area contributed by atoms with E-state index in [2.05, 4.69) is 31.3 Å². The van der Waals surface area contributed by atoms with Crippen LogP contribution in [-0.2, 0) is 4.79 Å². The lowest BCUT2D eigenvalue weighted by molar-refractivity contribution is -0.132. The Kier molecular flexibility index (Phi) is 35.6. The number of aliphatic hydroxyl groups is 4. The number of amides is 1. The second kappa shape index (κ2) is 36.3. The van der Waals surface area contributed by atoms with Crippen LogP contribution < -0.4 is 5.32 Å². The van der Waals surface area contributed by atoms with Gasteiger partial charge in [0.05, 0.1) is 18.8 Å². The number of hydrogen-bond donors (Lipinski definition) is 5. The van der Waals surface area contributed by atoms with Gasteiger partial charge >= 0.3 is 0 Å². The molecule has 0 fully saturated rings. The van der Waals surface area contributed by atoms with Gasteiger partial charge in [0.15, 0.2) is 0 Å². The molecule has 0 saturated heterocycles. The van der Waals surface area contributed by atoms with Crippen molar-refractivity contribution in [2.24, 2.45) is 0 Å². The molecule has 0 radical (unpaired) electrons. The average molecular weight is 668 g/mol. The highest BCUT2D eigenvalue weighted by Gasteiger charge is 2.28. The first-order valence-corrected chi connectivity index (χ1v) is 20.6. The van der Waals surface area contributed by atoms with Crippen molar-refractivity contribution >= 4 is 5.91 Å². The zero-order chi connectivity index (χ0) is 34.6. The number of carbonyl (C=O) groups excluding carboxylic acids is 1. The first-order valence-electron chi connectivity index (χ1n) is 20.6. The Morgan fingerprint density at radius 1 is 0.511 bits per heavy atom. The molecule has 0 saturated carbocycles. The van der Waals surface area contributed by atoms with Gasteiger partial charge in [0.2, 0.25) is 5.91 Å². The molecule has 0 aromatic rings. The maximum atomic E-state index is 12.4. The van der Waals surface area contributed by atoms with Crippen molar-refractivity contribution in [2.45, 2.75) is 237 Å². The maximum Gasteiger partial charge on any atom is 0.249 e. The van der Waals surface area contributed by atoms with Crippen LogP contribution in [0.15, 0.2) is 12.2 Å². The number of unbranched alkanes of at least 4 members (excludes halogenated alkanes) is 26. The van der Waals surface area contributed by atoms with E-state index in [1.54, 1.807) is 0 Å². The van der Waals surface area contributed by atoms with Crippen molar-refractivity contribution in [3.05, 3.63) is 12.2 Å². The highest BCUT2D eigenvalue weighted by Crippen LogP contribution is 2.16. The summed E-state index contributed by atoms with van der Waals surface area (Å²) in [6.07, 6.45) is 38.4. The summed E-state index contributed by atoms with van der Waals surface area (Å²) >= 11 is 0. The van der Waals surface area contributed by atoms with E-state index >= 15 is 0 Å². The molecule has 0 aliphatic rings. The van der Waals surface area contributed by atoms with E-state index in [9.17, 15) is 25.2 Å². The van der Waals surface area contributed by atoms with E-state index < -0.39 is 36.9 Å². The van der Waals surface area contributed by atoms with E-state index in [-0.39, 0.29) is 0 Å². The zero-order valence-electron chi connectivity index (χ0n) is 31.3. The third-order valence-corrected chi connectivity index (χ3v) is 9.73. The first-order chi connectivity index (χ1) is 23.0. The minimum Gasteiger partial charge on any atom is -0.394 e. The second-order valence-electron chi connectivity index (χ2n) is 14.3. The Morgan fingerprint density at radius 3 is 1.28 bits per heavy atom. The lowest BCUT2D eigenvalue weighted by atomic mass is 10.00. The standard InChI is InChI=1S/C41H81NO5/c1-3-5-7-9-11-13-14-15-16-17-18-19-20-21-22-23-24-25-26-27-29-30-32-34-38(44)40(46)37(36-43)42-41(47)39(45)35-33-31-28-12-10-8-6-4-2/h27,29,37-40,43-46H,3-26,28,30-36H2,1-2H3,(H,42,47)/b29-27+. The average Bonchev–Trinajstić information content (AvgIpc) is 3.08. The number of allylic oxidation sites excluding steroid dienone is 2. The summed E-state index contributed by atoms with van der Waals surface area (Å²) in [5.74, 6) is -0.597. The lowest BCUT2D eigenvalue weighted by Gasteiger charge is -2.27. The quantitative estimate of drug-likeness (QED) is 0.0335. The molecule has 0 aromatic heterocycles. The van der Waals surface area contributed by atoms with Crippen molar-refractivity contribution in [1.82, 2.24) is 5.32 Å². The van der Waals surface area contributed by atoms with Crippen LogP contribution in [0.4, 0.5) is 0 Å². The topological polar surface area (TPSA) is 110 Å². The van der Waals surface area contributed by atoms with E-state index in [0.29, 0.717) is 12.8 Å². The molecule has 0 spiro atoms. The third-order valence-electron chi connectivity index (χ3n) is 9.73. The summed E-state index contributed by atoms with van der Waals surface area (Å²) in [7, 11) is 0.